The zero-order chi connectivity index (χ0) is 19.8. The van der Waals surface area contributed by atoms with E-state index < -0.39 is 10.0 Å². The molecule has 0 saturated heterocycles. The Morgan fingerprint density at radius 2 is 1.85 bits per heavy atom. The molecule has 0 saturated carbocycles. The van der Waals surface area contributed by atoms with Crippen LogP contribution in [0.25, 0.3) is 0 Å². The smallest absolute Gasteiger partial charge is 0.262 e. The van der Waals surface area contributed by atoms with Crippen LogP contribution in [0.15, 0.2) is 41.3 Å². The standard InChI is InChI=1S/C19H21N3O4S/c1-4-22-17-7-5-16(10-14(17)11-19(22)24)21-27(25,26)18-8-6-15(9-12(18)2)20-13(3)23/h5-10,21H,4,11H2,1-3H3,(H,20,23). The van der Waals surface area contributed by atoms with Crippen LogP contribution in [-0.2, 0) is 26.0 Å². The summed E-state index contributed by atoms with van der Waals surface area (Å²) in [6, 6.07) is 9.72. The largest absolute Gasteiger partial charge is 0.326 e. The van der Waals surface area contributed by atoms with E-state index >= 15 is 0 Å². The number of anilines is 3. The zero-order valence-electron chi connectivity index (χ0n) is 15.4. The van der Waals surface area contributed by atoms with Crippen molar-refractivity contribution in [1.29, 1.82) is 0 Å². The van der Waals surface area contributed by atoms with Gasteiger partial charge < -0.3 is 10.2 Å². The van der Waals surface area contributed by atoms with Crippen LogP contribution < -0.4 is 14.9 Å². The molecule has 2 amide bonds. The highest BCUT2D eigenvalue weighted by Crippen LogP contribution is 2.32. The molecule has 0 aromatic heterocycles. The maximum Gasteiger partial charge on any atom is 0.262 e. The molecule has 2 N–H and O–H groups in total. The van der Waals surface area contributed by atoms with Crippen molar-refractivity contribution < 1.29 is 18.0 Å². The van der Waals surface area contributed by atoms with Crippen LogP contribution in [-0.4, -0.2) is 26.8 Å². The number of amides is 2. The van der Waals surface area contributed by atoms with Crippen molar-refractivity contribution in [3.05, 3.63) is 47.5 Å². The molecule has 0 atom stereocenters. The fourth-order valence-electron chi connectivity index (χ4n) is 3.24. The Labute approximate surface area is 158 Å². The summed E-state index contributed by atoms with van der Waals surface area (Å²) in [7, 11) is -3.80. The molecule has 3 rings (SSSR count). The highest BCUT2D eigenvalue weighted by molar-refractivity contribution is 7.92. The van der Waals surface area contributed by atoms with Gasteiger partial charge in [-0.3, -0.25) is 14.3 Å². The summed E-state index contributed by atoms with van der Waals surface area (Å²) < 4.78 is 28.1. The maximum atomic E-state index is 12.8. The predicted octanol–water partition coefficient (Wildman–Crippen LogP) is 2.66. The van der Waals surface area contributed by atoms with Crippen LogP contribution in [0.5, 0.6) is 0 Å². The number of rotatable bonds is 5. The molecule has 0 bridgehead atoms. The molecule has 0 spiro atoms. The Morgan fingerprint density at radius 1 is 1.15 bits per heavy atom. The van der Waals surface area contributed by atoms with Gasteiger partial charge in [0.1, 0.15) is 0 Å². The Hall–Kier alpha value is -2.87. The first-order valence-corrected chi connectivity index (χ1v) is 10.0. The van der Waals surface area contributed by atoms with E-state index in [9.17, 15) is 18.0 Å². The molecule has 7 nitrogen and oxygen atoms in total. The van der Waals surface area contributed by atoms with Crippen molar-refractivity contribution in [1.82, 2.24) is 0 Å². The number of sulfonamides is 1. The van der Waals surface area contributed by atoms with E-state index in [2.05, 4.69) is 10.0 Å². The van der Waals surface area contributed by atoms with Gasteiger partial charge in [-0.2, -0.15) is 0 Å². The summed E-state index contributed by atoms with van der Waals surface area (Å²) in [5, 5.41) is 2.63. The van der Waals surface area contributed by atoms with Crippen molar-refractivity contribution in [3.63, 3.8) is 0 Å². The minimum absolute atomic E-state index is 0.0110. The van der Waals surface area contributed by atoms with Crippen LogP contribution in [0.1, 0.15) is 25.0 Å². The molecule has 2 aromatic rings. The third-order valence-corrected chi connectivity index (χ3v) is 5.91. The Balaban J connectivity index is 1.87. The highest BCUT2D eigenvalue weighted by Gasteiger charge is 2.26. The lowest BCUT2D eigenvalue weighted by Crippen LogP contribution is -2.25. The lowest BCUT2D eigenvalue weighted by molar-refractivity contribution is -0.117. The molecule has 142 valence electrons. The number of benzene rings is 2. The second kappa shape index (κ2) is 7.03. The van der Waals surface area contributed by atoms with Gasteiger partial charge in [0.2, 0.25) is 11.8 Å². The third-order valence-electron chi connectivity index (χ3n) is 4.37. The van der Waals surface area contributed by atoms with Gasteiger partial charge in [-0.15, -0.1) is 0 Å². The van der Waals surface area contributed by atoms with E-state index in [0.717, 1.165) is 11.3 Å². The predicted molar refractivity (Wildman–Crippen MR) is 104 cm³/mol. The average Bonchev–Trinajstić information content (AvgIpc) is 2.87. The van der Waals surface area contributed by atoms with Crippen molar-refractivity contribution in [2.24, 2.45) is 0 Å². The Bertz CT molecular complexity index is 1030. The normalized spacial score (nSPS) is 13.4. The number of hydrogen-bond donors (Lipinski definition) is 2. The zero-order valence-corrected chi connectivity index (χ0v) is 16.2. The number of nitrogens with zero attached hydrogens (tertiary/aromatic N) is 1. The maximum absolute atomic E-state index is 12.8. The second-order valence-corrected chi connectivity index (χ2v) is 8.08. The second-order valence-electron chi connectivity index (χ2n) is 6.43. The van der Waals surface area contributed by atoms with E-state index in [1.165, 1.54) is 13.0 Å². The summed E-state index contributed by atoms with van der Waals surface area (Å²) in [5.41, 5.74) is 3.09. The fourth-order valence-corrected chi connectivity index (χ4v) is 4.51. The van der Waals surface area contributed by atoms with Gasteiger partial charge in [-0.05, 0) is 61.4 Å². The monoisotopic (exact) mass is 387 g/mol. The number of carbonyl (C=O) groups is 2. The summed E-state index contributed by atoms with van der Waals surface area (Å²) >= 11 is 0. The van der Waals surface area contributed by atoms with E-state index in [1.54, 1.807) is 42.2 Å². The van der Waals surface area contributed by atoms with Gasteiger partial charge in [0.15, 0.2) is 0 Å². The molecule has 0 radical (unpaired) electrons. The van der Waals surface area contributed by atoms with E-state index in [4.69, 9.17) is 0 Å². The van der Waals surface area contributed by atoms with Crippen LogP contribution >= 0.6 is 0 Å². The molecule has 2 aromatic carbocycles. The lowest BCUT2D eigenvalue weighted by Gasteiger charge is -2.15. The summed E-state index contributed by atoms with van der Waals surface area (Å²) in [6.45, 7) is 5.54. The molecule has 0 fully saturated rings. The van der Waals surface area contributed by atoms with Crippen molar-refractivity contribution in [3.8, 4) is 0 Å². The lowest BCUT2D eigenvalue weighted by atomic mass is 10.1. The van der Waals surface area contributed by atoms with Gasteiger partial charge in [0.25, 0.3) is 10.0 Å². The topological polar surface area (TPSA) is 95.6 Å². The first kappa shape index (κ1) is 18.9. The summed E-state index contributed by atoms with van der Waals surface area (Å²) in [5.74, 6) is -0.214. The van der Waals surface area contributed by atoms with Gasteiger partial charge in [-0.25, -0.2) is 8.42 Å². The van der Waals surface area contributed by atoms with Crippen LogP contribution in [0.3, 0.4) is 0 Å². The van der Waals surface area contributed by atoms with E-state index in [0.29, 0.717) is 23.5 Å². The number of hydrogen-bond acceptors (Lipinski definition) is 4. The average molecular weight is 387 g/mol. The molecule has 8 heteroatoms. The number of likely N-dealkylation sites (N-methyl/N-ethyl adjacent to an activating group) is 1. The first-order chi connectivity index (χ1) is 12.7. The first-order valence-electron chi connectivity index (χ1n) is 8.55. The van der Waals surface area contributed by atoms with Crippen molar-refractivity contribution in [2.45, 2.75) is 32.1 Å². The van der Waals surface area contributed by atoms with Gasteiger partial charge in [0.05, 0.1) is 11.3 Å². The minimum atomic E-state index is -3.80. The van der Waals surface area contributed by atoms with Crippen LogP contribution in [0.2, 0.25) is 0 Å². The fraction of sp³-hybridized carbons (Fsp3) is 0.263. The van der Waals surface area contributed by atoms with Crippen LogP contribution in [0.4, 0.5) is 17.1 Å². The molecular formula is C19H21N3O4S. The number of aryl methyl sites for hydroxylation is 1. The van der Waals surface area contributed by atoms with E-state index in [-0.39, 0.29) is 23.1 Å². The number of nitrogens with one attached hydrogen (secondary N) is 2. The molecule has 0 unspecified atom stereocenters. The highest BCUT2D eigenvalue weighted by atomic mass is 32.2. The molecule has 27 heavy (non-hydrogen) atoms. The number of carbonyl (C=O) groups excluding carboxylic acids is 2. The molecule has 1 aliphatic rings. The minimum Gasteiger partial charge on any atom is -0.326 e. The number of fused-ring (bicyclic) bond motifs is 1. The van der Waals surface area contributed by atoms with Gasteiger partial charge in [0, 0.05) is 30.5 Å². The van der Waals surface area contributed by atoms with E-state index in [1.807, 2.05) is 6.92 Å². The molecule has 0 aliphatic carbocycles. The Morgan fingerprint density at radius 3 is 2.48 bits per heavy atom. The summed E-state index contributed by atoms with van der Waals surface area (Å²) in [6.07, 6.45) is 0.267. The van der Waals surface area contributed by atoms with Crippen molar-refractivity contribution >= 4 is 38.9 Å². The van der Waals surface area contributed by atoms with Crippen molar-refractivity contribution in [2.75, 3.05) is 21.5 Å². The SMILES string of the molecule is CCN1C(=O)Cc2cc(NS(=O)(=O)c3ccc(NC(C)=O)cc3C)ccc21. The molecule has 1 aliphatic heterocycles. The molecular weight excluding hydrogens is 366 g/mol. The quantitative estimate of drug-likeness (QED) is 0.824. The van der Waals surface area contributed by atoms with Crippen LogP contribution in [0, 0.1) is 6.92 Å². The third kappa shape index (κ3) is 3.80. The van der Waals surface area contributed by atoms with Gasteiger partial charge >= 0.3 is 0 Å². The molecule has 1 heterocycles. The summed E-state index contributed by atoms with van der Waals surface area (Å²) in [4.78, 5) is 24.9. The van der Waals surface area contributed by atoms with Gasteiger partial charge in [-0.1, -0.05) is 0 Å². The Kier molecular flexibility index (Phi) is 4.93.